The van der Waals surface area contributed by atoms with Crippen molar-refractivity contribution in [3.63, 3.8) is 0 Å². The molecule has 1 saturated carbocycles. The number of ether oxygens (including phenoxy) is 1. The van der Waals surface area contributed by atoms with Crippen LogP contribution in [-0.4, -0.2) is 57.1 Å². The number of halogens is 1. The van der Waals surface area contributed by atoms with Crippen molar-refractivity contribution in [3.8, 4) is 5.75 Å². The average Bonchev–Trinajstić information content (AvgIpc) is 3.38. The number of hydrogen-bond acceptors (Lipinski definition) is 5. The number of nitrogens with one attached hydrogen (secondary N) is 1. The van der Waals surface area contributed by atoms with Gasteiger partial charge in [0.15, 0.2) is 0 Å². The molecule has 1 atom stereocenters. The summed E-state index contributed by atoms with van der Waals surface area (Å²) in [6.07, 6.45) is 5.61. The summed E-state index contributed by atoms with van der Waals surface area (Å²) in [4.78, 5) is 28.0. The number of benzene rings is 2. The lowest BCUT2D eigenvalue weighted by Crippen LogP contribution is -2.49. The van der Waals surface area contributed by atoms with Crippen molar-refractivity contribution in [3.05, 3.63) is 59.1 Å². The summed E-state index contributed by atoms with van der Waals surface area (Å²) in [5.74, 6) is 0.143. The van der Waals surface area contributed by atoms with Crippen molar-refractivity contribution in [1.29, 1.82) is 0 Å². The highest BCUT2D eigenvalue weighted by Crippen LogP contribution is 2.24. The van der Waals surface area contributed by atoms with E-state index in [9.17, 15) is 18.0 Å². The number of hydrogen-bond donors (Lipinski definition) is 1. The Morgan fingerprint density at radius 2 is 1.81 bits per heavy atom. The molecule has 2 amide bonds. The van der Waals surface area contributed by atoms with Crippen LogP contribution >= 0.6 is 11.6 Å². The van der Waals surface area contributed by atoms with Crippen molar-refractivity contribution in [1.82, 2.24) is 10.2 Å². The second kappa shape index (κ2) is 13.1. The van der Waals surface area contributed by atoms with Gasteiger partial charge in [0, 0.05) is 36.6 Å². The highest BCUT2D eigenvalue weighted by molar-refractivity contribution is 7.92. The largest absolute Gasteiger partial charge is 0.497 e. The van der Waals surface area contributed by atoms with Gasteiger partial charge in [-0.05, 0) is 56.0 Å². The summed E-state index contributed by atoms with van der Waals surface area (Å²) in [5, 5.41) is 3.67. The maximum Gasteiger partial charge on any atom is 0.242 e. The maximum atomic E-state index is 13.4. The second-order valence-electron chi connectivity index (χ2n) is 9.45. The van der Waals surface area contributed by atoms with E-state index in [-0.39, 0.29) is 43.8 Å². The van der Waals surface area contributed by atoms with E-state index >= 15 is 0 Å². The van der Waals surface area contributed by atoms with Gasteiger partial charge in [-0.3, -0.25) is 13.9 Å². The van der Waals surface area contributed by atoms with Gasteiger partial charge in [0.25, 0.3) is 0 Å². The van der Waals surface area contributed by atoms with Crippen molar-refractivity contribution in [2.75, 3.05) is 24.2 Å². The summed E-state index contributed by atoms with van der Waals surface area (Å²) >= 11 is 6.02. The molecule has 1 fully saturated rings. The topological polar surface area (TPSA) is 96.0 Å². The molecule has 10 heteroatoms. The van der Waals surface area contributed by atoms with Gasteiger partial charge in [-0.25, -0.2) is 8.42 Å². The number of nitrogens with zero attached hydrogens (tertiary/aromatic N) is 2. The van der Waals surface area contributed by atoms with Crippen LogP contribution in [0.2, 0.25) is 5.02 Å². The molecular formula is C27H36ClN3O5S. The van der Waals surface area contributed by atoms with Crippen LogP contribution in [0.4, 0.5) is 5.69 Å². The minimum absolute atomic E-state index is 0.0879. The molecule has 202 valence electrons. The molecular weight excluding hydrogens is 514 g/mol. The van der Waals surface area contributed by atoms with Crippen molar-refractivity contribution in [2.24, 2.45) is 0 Å². The summed E-state index contributed by atoms with van der Waals surface area (Å²) in [6, 6.07) is 13.4. The van der Waals surface area contributed by atoms with Crippen molar-refractivity contribution < 1.29 is 22.7 Å². The van der Waals surface area contributed by atoms with Crippen LogP contribution in [0, 0.1) is 0 Å². The first kappa shape index (κ1) is 28.8. The van der Waals surface area contributed by atoms with Crippen LogP contribution < -0.4 is 14.4 Å². The zero-order valence-electron chi connectivity index (χ0n) is 21.7. The molecule has 0 unspecified atom stereocenters. The van der Waals surface area contributed by atoms with Gasteiger partial charge in [-0.2, -0.15) is 0 Å². The lowest BCUT2D eigenvalue weighted by atomic mass is 10.1. The minimum atomic E-state index is -3.58. The Kier molecular flexibility index (Phi) is 10.2. The number of rotatable bonds is 12. The molecule has 0 saturated heterocycles. The predicted octanol–water partition coefficient (Wildman–Crippen LogP) is 4.37. The first-order chi connectivity index (χ1) is 17.6. The van der Waals surface area contributed by atoms with Crippen LogP contribution in [0.3, 0.4) is 0 Å². The van der Waals surface area contributed by atoms with Crippen LogP contribution in [0.25, 0.3) is 0 Å². The normalized spacial score (nSPS) is 14.7. The molecule has 0 bridgehead atoms. The average molecular weight is 550 g/mol. The van der Waals surface area contributed by atoms with Crippen LogP contribution in [0.1, 0.15) is 51.0 Å². The van der Waals surface area contributed by atoms with E-state index in [0.29, 0.717) is 16.5 Å². The Morgan fingerprint density at radius 3 is 2.43 bits per heavy atom. The molecule has 1 aliphatic carbocycles. The summed E-state index contributed by atoms with van der Waals surface area (Å²) in [5.41, 5.74) is 1.32. The molecule has 0 heterocycles. The fourth-order valence-electron chi connectivity index (χ4n) is 4.53. The molecule has 8 nitrogen and oxygen atoms in total. The van der Waals surface area contributed by atoms with E-state index in [0.717, 1.165) is 37.5 Å². The highest BCUT2D eigenvalue weighted by Gasteiger charge is 2.28. The maximum absolute atomic E-state index is 13.4. The van der Waals surface area contributed by atoms with Crippen LogP contribution in [-0.2, 0) is 26.2 Å². The summed E-state index contributed by atoms with van der Waals surface area (Å²) < 4.78 is 31.5. The SMILES string of the molecule is COc1cccc(N(CCCC(=O)N(Cc2ccc(Cl)cc2)[C@@H](C)C(=O)NC2CCCC2)S(C)(=O)=O)c1. The van der Waals surface area contributed by atoms with E-state index in [1.54, 1.807) is 48.2 Å². The zero-order chi connectivity index (χ0) is 27.0. The van der Waals surface area contributed by atoms with Gasteiger partial charge in [0.1, 0.15) is 11.8 Å². The number of carbonyl (C=O) groups is 2. The molecule has 1 N–H and O–H groups in total. The Balaban J connectivity index is 1.71. The third kappa shape index (κ3) is 8.36. The van der Waals surface area contributed by atoms with Gasteiger partial charge < -0.3 is 15.0 Å². The Bertz CT molecular complexity index is 1170. The smallest absolute Gasteiger partial charge is 0.242 e. The van der Waals surface area contributed by atoms with E-state index in [1.165, 1.54) is 11.4 Å². The minimum Gasteiger partial charge on any atom is -0.497 e. The predicted molar refractivity (Wildman–Crippen MR) is 146 cm³/mol. The van der Waals surface area contributed by atoms with Crippen molar-refractivity contribution in [2.45, 2.75) is 64.1 Å². The van der Waals surface area contributed by atoms with Crippen molar-refractivity contribution >= 4 is 39.1 Å². The standard InChI is InChI=1S/C27H36ClN3O5S/c1-20(27(33)29-23-8-4-5-9-23)30(19-21-13-15-22(28)16-14-21)26(32)12-7-17-31(37(3,34)35)24-10-6-11-25(18-24)36-2/h6,10-11,13-16,18,20,23H,4-5,7-9,12,17,19H2,1-3H3,(H,29,33)/t20-/m0/s1. The molecule has 0 aromatic heterocycles. The molecule has 2 aromatic carbocycles. The molecule has 1 aliphatic rings. The quantitative estimate of drug-likeness (QED) is 0.424. The highest BCUT2D eigenvalue weighted by atomic mass is 35.5. The first-order valence-electron chi connectivity index (χ1n) is 12.5. The Morgan fingerprint density at radius 1 is 1.14 bits per heavy atom. The first-order valence-corrected chi connectivity index (χ1v) is 14.8. The Hall–Kier alpha value is -2.78. The van der Waals surface area contributed by atoms with Gasteiger partial charge in [-0.15, -0.1) is 0 Å². The number of anilines is 1. The Labute approximate surface area is 225 Å². The second-order valence-corrected chi connectivity index (χ2v) is 11.8. The van der Waals surface area contributed by atoms with Gasteiger partial charge >= 0.3 is 0 Å². The lowest BCUT2D eigenvalue weighted by molar-refractivity contribution is -0.141. The van der Waals surface area contributed by atoms with E-state index in [1.807, 2.05) is 12.1 Å². The van der Waals surface area contributed by atoms with Gasteiger partial charge in [-0.1, -0.05) is 42.6 Å². The molecule has 0 aliphatic heterocycles. The van der Waals surface area contributed by atoms with E-state index < -0.39 is 16.1 Å². The molecule has 2 aromatic rings. The number of sulfonamides is 1. The number of amides is 2. The number of carbonyl (C=O) groups excluding carboxylic acids is 2. The monoisotopic (exact) mass is 549 g/mol. The third-order valence-electron chi connectivity index (χ3n) is 6.63. The number of methoxy groups -OCH3 is 1. The van der Waals surface area contributed by atoms with Crippen LogP contribution in [0.15, 0.2) is 48.5 Å². The van der Waals surface area contributed by atoms with E-state index in [4.69, 9.17) is 16.3 Å². The van der Waals surface area contributed by atoms with Gasteiger partial charge in [0.05, 0.1) is 19.1 Å². The van der Waals surface area contributed by atoms with Crippen LogP contribution in [0.5, 0.6) is 5.75 Å². The fraction of sp³-hybridized carbons (Fsp3) is 0.481. The molecule has 3 rings (SSSR count). The molecule has 0 radical (unpaired) electrons. The molecule has 0 spiro atoms. The lowest BCUT2D eigenvalue weighted by Gasteiger charge is -2.30. The van der Waals surface area contributed by atoms with Gasteiger partial charge in [0.2, 0.25) is 21.8 Å². The third-order valence-corrected chi connectivity index (χ3v) is 8.07. The van der Waals surface area contributed by atoms with E-state index in [2.05, 4.69) is 5.32 Å². The fourth-order valence-corrected chi connectivity index (χ4v) is 5.61. The summed E-state index contributed by atoms with van der Waals surface area (Å²) in [7, 11) is -2.06. The summed E-state index contributed by atoms with van der Waals surface area (Å²) in [6.45, 7) is 2.10. The molecule has 37 heavy (non-hydrogen) atoms. The zero-order valence-corrected chi connectivity index (χ0v) is 23.2.